The summed E-state index contributed by atoms with van der Waals surface area (Å²) < 4.78 is 7.34. The zero-order valence-corrected chi connectivity index (χ0v) is 16.5. The Morgan fingerprint density at radius 1 is 0.862 bits per heavy atom. The zero-order valence-electron chi connectivity index (χ0n) is 16.5. The van der Waals surface area contributed by atoms with Crippen molar-refractivity contribution < 1.29 is 4.74 Å². The lowest BCUT2D eigenvalue weighted by atomic mass is 9.89. The number of methoxy groups -OCH3 is 1. The lowest BCUT2D eigenvalue weighted by molar-refractivity contribution is 0.414. The number of rotatable bonds is 7. The fourth-order valence-electron chi connectivity index (χ4n) is 3.61. The van der Waals surface area contributed by atoms with Gasteiger partial charge in [-0.3, -0.25) is 0 Å². The highest BCUT2D eigenvalue weighted by molar-refractivity contribution is 5.38. The highest BCUT2D eigenvalue weighted by Crippen LogP contribution is 2.30. The summed E-state index contributed by atoms with van der Waals surface area (Å²) in [7, 11) is 1.68. The molecular formula is C25H25N3O. The maximum absolute atomic E-state index is 6.28. The molecular weight excluding hydrogens is 358 g/mol. The lowest BCUT2D eigenvalue weighted by Gasteiger charge is -2.16. The molecule has 3 aromatic carbocycles. The van der Waals surface area contributed by atoms with Crippen LogP contribution in [0.5, 0.6) is 5.75 Å². The standard InChI is InChI=1S/C25H25N3O/c1-29-22-14-12-21(13-15-22)23(16-19-8-4-2-5-9-19)24-18-28(25(26)27-24)17-20-10-6-3-7-11-20/h2-15,18,23H,16-17H2,1H3,(H2,26,27). The van der Waals surface area contributed by atoms with E-state index >= 15 is 0 Å². The summed E-state index contributed by atoms with van der Waals surface area (Å²) in [6.45, 7) is 0.709. The SMILES string of the molecule is COc1ccc(C(Cc2ccccc2)c2cn(Cc3ccccc3)c(N)n2)cc1. The average molecular weight is 383 g/mol. The number of nitrogen functional groups attached to an aromatic ring is 1. The van der Waals surface area contributed by atoms with E-state index in [1.807, 2.05) is 41.0 Å². The second kappa shape index (κ2) is 8.65. The van der Waals surface area contributed by atoms with Gasteiger partial charge in [-0.1, -0.05) is 72.8 Å². The number of ether oxygens (including phenoxy) is 1. The van der Waals surface area contributed by atoms with Gasteiger partial charge < -0.3 is 15.0 Å². The Bertz CT molecular complexity index is 1040. The largest absolute Gasteiger partial charge is 0.497 e. The van der Waals surface area contributed by atoms with E-state index in [-0.39, 0.29) is 5.92 Å². The Hall–Kier alpha value is -3.53. The topological polar surface area (TPSA) is 53.1 Å². The van der Waals surface area contributed by atoms with Crippen molar-refractivity contribution in [2.24, 2.45) is 0 Å². The summed E-state index contributed by atoms with van der Waals surface area (Å²) in [5, 5.41) is 0. The van der Waals surface area contributed by atoms with Crippen LogP contribution < -0.4 is 10.5 Å². The second-order valence-corrected chi connectivity index (χ2v) is 7.15. The molecule has 29 heavy (non-hydrogen) atoms. The average Bonchev–Trinajstić information content (AvgIpc) is 3.13. The van der Waals surface area contributed by atoms with Crippen LogP contribution in [0.1, 0.15) is 28.3 Å². The van der Waals surface area contributed by atoms with Gasteiger partial charge in [0.05, 0.1) is 19.3 Å². The van der Waals surface area contributed by atoms with Crippen molar-refractivity contribution in [1.29, 1.82) is 0 Å². The van der Waals surface area contributed by atoms with Crippen molar-refractivity contribution >= 4 is 5.95 Å². The minimum Gasteiger partial charge on any atom is -0.497 e. The van der Waals surface area contributed by atoms with E-state index in [0.717, 1.165) is 17.9 Å². The minimum atomic E-state index is 0.114. The quantitative estimate of drug-likeness (QED) is 0.494. The normalized spacial score (nSPS) is 11.9. The molecule has 146 valence electrons. The van der Waals surface area contributed by atoms with Crippen molar-refractivity contribution in [2.45, 2.75) is 18.9 Å². The van der Waals surface area contributed by atoms with E-state index in [4.69, 9.17) is 15.5 Å². The molecule has 1 heterocycles. The molecule has 4 heteroatoms. The van der Waals surface area contributed by atoms with Gasteiger partial charge in [-0.05, 0) is 35.2 Å². The van der Waals surface area contributed by atoms with Crippen molar-refractivity contribution in [2.75, 3.05) is 12.8 Å². The Morgan fingerprint density at radius 3 is 2.10 bits per heavy atom. The predicted octanol–water partition coefficient (Wildman–Crippen LogP) is 4.90. The van der Waals surface area contributed by atoms with Crippen molar-refractivity contribution in [3.63, 3.8) is 0 Å². The van der Waals surface area contributed by atoms with Crippen molar-refractivity contribution in [1.82, 2.24) is 9.55 Å². The van der Waals surface area contributed by atoms with Gasteiger partial charge in [0.2, 0.25) is 5.95 Å². The molecule has 4 aromatic rings. The van der Waals surface area contributed by atoms with E-state index in [2.05, 4.69) is 54.7 Å². The van der Waals surface area contributed by atoms with Gasteiger partial charge in [0.1, 0.15) is 5.75 Å². The van der Waals surface area contributed by atoms with Crippen LogP contribution in [0.4, 0.5) is 5.95 Å². The first-order valence-corrected chi connectivity index (χ1v) is 9.77. The van der Waals surface area contributed by atoms with Gasteiger partial charge in [-0.2, -0.15) is 0 Å². The summed E-state index contributed by atoms with van der Waals surface area (Å²) in [6, 6.07) is 29.0. The zero-order chi connectivity index (χ0) is 20.1. The maximum atomic E-state index is 6.28. The van der Waals surface area contributed by atoms with Gasteiger partial charge >= 0.3 is 0 Å². The minimum absolute atomic E-state index is 0.114. The van der Waals surface area contributed by atoms with Crippen LogP contribution in [0, 0.1) is 0 Å². The Balaban J connectivity index is 1.67. The van der Waals surface area contributed by atoms with Gasteiger partial charge in [-0.15, -0.1) is 0 Å². The molecule has 4 nitrogen and oxygen atoms in total. The fraction of sp³-hybridized carbons (Fsp3) is 0.160. The van der Waals surface area contributed by atoms with E-state index in [1.54, 1.807) is 7.11 Å². The molecule has 1 atom stereocenters. The third kappa shape index (κ3) is 4.49. The van der Waals surface area contributed by atoms with Crippen molar-refractivity contribution in [3.05, 3.63) is 114 Å². The number of imidazole rings is 1. The second-order valence-electron chi connectivity index (χ2n) is 7.15. The number of aromatic nitrogens is 2. The fourth-order valence-corrected chi connectivity index (χ4v) is 3.61. The Kier molecular flexibility index (Phi) is 5.61. The summed E-state index contributed by atoms with van der Waals surface area (Å²) in [6.07, 6.45) is 2.94. The Labute approximate surface area is 171 Å². The van der Waals surface area contributed by atoms with Crippen LogP contribution in [-0.2, 0) is 13.0 Å². The van der Waals surface area contributed by atoms with Crippen LogP contribution in [0.25, 0.3) is 0 Å². The van der Waals surface area contributed by atoms with E-state index in [1.165, 1.54) is 16.7 Å². The summed E-state index contributed by atoms with van der Waals surface area (Å²) in [4.78, 5) is 4.73. The molecule has 0 aliphatic rings. The summed E-state index contributed by atoms with van der Waals surface area (Å²) in [5.41, 5.74) is 10.9. The molecule has 0 fully saturated rings. The van der Waals surface area contributed by atoms with Gasteiger partial charge in [0, 0.05) is 12.1 Å². The summed E-state index contributed by atoms with van der Waals surface area (Å²) >= 11 is 0. The van der Waals surface area contributed by atoms with Crippen LogP contribution in [0.15, 0.2) is 91.1 Å². The third-order valence-electron chi connectivity index (χ3n) is 5.18. The molecule has 0 bridgehead atoms. The first kappa shape index (κ1) is 18.8. The van der Waals surface area contributed by atoms with E-state index < -0.39 is 0 Å². The van der Waals surface area contributed by atoms with Gasteiger partial charge in [0.25, 0.3) is 0 Å². The van der Waals surface area contributed by atoms with Crippen molar-refractivity contribution in [3.8, 4) is 5.75 Å². The van der Waals surface area contributed by atoms with E-state index in [9.17, 15) is 0 Å². The molecule has 0 spiro atoms. The summed E-state index contributed by atoms with van der Waals surface area (Å²) in [5.74, 6) is 1.50. The molecule has 0 amide bonds. The maximum Gasteiger partial charge on any atom is 0.200 e. The molecule has 2 N–H and O–H groups in total. The third-order valence-corrected chi connectivity index (χ3v) is 5.18. The number of nitrogens with two attached hydrogens (primary N) is 1. The molecule has 0 radical (unpaired) electrons. The first-order valence-electron chi connectivity index (χ1n) is 9.77. The van der Waals surface area contributed by atoms with Crippen LogP contribution >= 0.6 is 0 Å². The molecule has 1 aromatic heterocycles. The van der Waals surface area contributed by atoms with E-state index in [0.29, 0.717) is 12.5 Å². The number of anilines is 1. The van der Waals surface area contributed by atoms with Crippen LogP contribution in [0.3, 0.4) is 0 Å². The first-order chi connectivity index (χ1) is 14.2. The molecule has 1 unspecified atom stereocenters. The highest BCUT2D eigenvalue weighted by Gasteiger charge is 2.20. The van der Waals surface area contributed by atoms with Crippen LogP contribution in [0.2, 0.25) is 0 Å². The number of nitrogens with zero attached hydrogens (tertiary/aromatic N) is 2. The monoisotopic (exact) mass is 383 g/mol. The predicted molar refractivity (Wildman–Crippen MR) is 117 cm³/mol. The van der Waals surface area contributed by atoms with Gasteiger partial charge in [0.15, 0.2) is 0 Å². The molecule has 0 saturated carbocycles. The molecule has 0 aliphatic carbocycles. The molecule has 0 aliphatic heterocycles. The lowest BCUT2D eigenvalue weighted by Crippen LogP contribution is -2.06. The molecule has 4 rings (SSSR count). The molecule has 0 saturated heterocycles. The Morgan fingerprint density at radius 2 is 1.48 bits per heavy atom. The van der Waals surface area contributed by atoms with Gasteiger partial charge in [-0.25, -0.2) is 4.98 Å². The highest BCUT2D eigenvalue weighted by atomic mass is 16.5. The van der Waals surface area contributed by atoms with Crippen LogP contribution in [-0.4, -0.2) is 16.7 Å². The number of hydrogen-bond donors (Lipinski definition) is 1. The number of benzene rings is 3. The smallest absolute Gasteiger partial charge is 0.200 e. The number of hydrogen-bond acceptors (Lipinski definition) is 3.